The maximum Gasteiger partial charge on any atom is 0.240 e. The zero-order valence-electron chi connectivity index (χ0n) is 12.3. The summed E-state index contributed by atoms with van der Waals surface area (Å²) in [6.45, 7) is 0.336. The molecular formula is C16H24N2O2S. The van der Waals surface area contributed by atoms with Crippen LogP contribution >= 0.6 is 0 Å². The van der Waals surface area contributed by atoms with Gasteiger partial charge in [0.2, 0.25) is 10.0 Å². The van der Waals surface area contributed by atoms with E-state index in [1.165, 1.54) is 19.3 Å². The molecule has 2 aliphatic carbocycles. The van der Waals surface area contributed by atoms with Crippen LogP contribution in [0.2, 0.25) is 0 Å². The summed E-state index contributed by atoms with van der Waals surface area (Å²) in [6, 6.07) is 7.33. The molecule has 4 nitrogen and oxygen atoms in total. The zero-order chi connectivity index (χ0) is 14.9. The highest BCUT2D eigenvalue weighted by molar-refractivity contribution is 7.89. The first kappa shape index (κ1) is 15.0. The molecule has 0 atom stereocenters. The third kappa shape index (κ3) is 3.65. The van der Waals surface area contributed by atoms with Gasteiger partial charge in [-0.1, -0.05) is 31.4 Å². The number of benzene rings is 1. The fourth-order valence-corrected chi connectivity index (χ4v) is 4.30. The molecule has 21 heavy (non-hydrogen) atoms. The molecule has 2 fully saturated rings. The van der Waals surface area contributed by atoms with E-state index in [0.29, 0.717) is 17.4 Å². The summed E-state index contributed by atoms with van der Waals surface area (Å²) in [5.74, 6) is 0.555. The Hall–Kier alpha value is -0.910. The lowest BCUT2D eigenvalue weighted by atomic mass is 9.83. The van der Waals surface area contributed by atoms with Gasteiger partial charge in [0.1, 0.15) is 0 Å². The Morgan fingerprint density at radius 1 is 1.19 bits per heavy atom. The minimum Gasteiger partial charge on any atom is -0.324 e. The quantitative estimate of drug-likeness (QED) is 0.878. The molecule has 0 heterocycles. The van der Waals surface area contributed by atoms with Crippen LogP contribution in [-0.2, 0) is 10.0 Å². The predicted octanol–water partition coefficient (Wildman–Crippen LogP) is 2.50. The molecule has 0 radical (unpaired) electrons. The second-order valence-electron chi connectivity index (χ2n) is 6.59. The third-order valence-corrected chi connectivity index (χ3v) is 6.08. The second kappa shape index (κ2) is 5.71. The van der Waals surface area contributed by atoms with Crippen LogP contribution in [0.15, 0.2) is 29.2 Å². The number of nitrogens with one attached hydrogen (secondary N) is 1. The number of hydrogen-bond acceptors (Lipinski definition) is 3. The summed E-state index contributed by atoms with van der Waals surface area (Å²) in [6.07, 6.45) is 7.53. The van der Waals surface area contributed by atoms with Gasteiger partial charge in [0.05, 0.1) is 4.90 Å². The van der Waals surface area contributed by atoms with Crippen molar-refractivity contribution in [3.8, 4) is 0 Å². The monoisotopic (exact) mass is 308 g/mol. The van der Waals surface area contributed by atoms with Crippen LogP contribution in [0.4, 0.5) is 0 Å². The Kier molecular flexibility index (Phi) is 4.08. The first-order valence-electron chi connectivity index (χ1n) is 7.87. The summed E-state index contributed by atoms with van der Waals surface area (Å²) >= 11 is 0. The van der Waals surface area contributed by atoms with Crippen LogP contribution in [0, 0.1) is 0 Å². The molecule has 0 amide bonds. The van der Waals surface area contributed by atoms with E-state index in [4.69, 9.17) is 5.73 Å². The molecular weight excluding hydrogens is 284 g/mol. The van der Waals surface area contributed by atoms with Crippen LogP contribution in [0.5, 0.6) is 0 Å². The molecule has 116 valence electrons. The summed E-state index contributed by atoms with van der Waals surface area (Å²) < 4.78 is 27.6. The zero-order valence-corrected chi connectivity index (χ0v) is 13.2. The minimum atomic E-state index is -3.46. The van der Waals surface area contributed by atoms with Crippen molar-refractivity contribution >= 4 is 10.0 Å². The topological polar surface area (TPSA) is 72.2 Å². The number of hydrogen-bond donors (Lipinski definition) is 2. The first-order valence-corrected chi connectivity index (χ1v) is 9.35. The van der Waals surface area contributed by atoms with Crippen molar-refractivity contribution in [3.63, 3.8) is 0 Å². The Balaban J connectivity index is 1.69. The van der Waals surface area contributed by atoms with Crippen molar-refractivity contribution in [1.82, 2.24) is 4.72 Å². The molecule has 0 saturated heterocycles. The summed E-state index contributed by atoms with van der Waals surface area (Å²) in [5.41, 5.74) is 7.07. The van der Waals surface area contributed by atoms with Crippen molar-refractivity contribution in [2.24, 2.45) is 5.73 Å². The number of nitrogens with two attached hydrogens (primary N) is 1. The molecule has 0 aliphatic heterocycles. The fraction of sp³-hybridized carbons (Fsp3) is 0.625. The van der Waals surface area contributed by atoms with E-state index in [2.05, 4.69) is 4.72 Å². The summed E-state index contributed by atoms with van der Waals surface area (Å²) in [5, 5.41) is 0. The lowest BCUT2D eigenvalue weighted by Crippen LogP contribution is -2.51. The predicted molar refractivity (Wildman–Crippen MR) is 83.6 cm³/mol. The van der Waals surface area contributed by atoms with Gasteiger partial charge in [0, 0.05) is 12.1 Å². The van der Waals surface area contributed by atoms with Crippen molar-refractivity contribution in [2.45, 2.75) is 61.3 Å². The number of rotatable bonds is 5. The van der Waals surface area contributed by atoms with E-state index in [1.54, 1.807) is 6.07 Å². The average molecular weight is 308 g/mol. The highest BCUT2D eigenvalue weighted by Crippen LogP contribution is 2.40. The van der Waals surface area contributed by atoms with Gasteiger partial charge in [-0.25, -0.2) is 13.1 Å². The van der Waals surface area contributed by atoms with Crippen LogP contribution in [0.3, 0.4) is 0 Å². The Bertz CT molecular complexity index is 602. The maximum atomic E-state index is 12.4. The Labute approximate surface area is 127 Å². The Morgan fingerprint density at radius 3 is 2.57 bits per heavy atom. The van der Waals surface area contributed by atoms with Crippen LogP contribution in [-0.4, -0.2) is 20.5 Å². The highest BCUT2D eigenvalue weighted by atomic mass is 32.2. The third-order valence-electron chi connectivity index (χ3n) is 4.68. The number of sulfonamides is 1. The molecule has 0 unspecified atom stereocenters. The lowest BCUT2D eigenvalue weighted by Gasteiger charge is -2.33. The SMILES string of the molecule is NC1(CNS(=O)(=O)c2cccc(C3CC3)c2)CCCCC1. The van der Waals surface area contributed by atoms with Gasteiger partial charge in [0.25, 0.3) is 0 Å². The van der Waals surface area contributed by atoms with Gasteiger partial charge >= 0.3 is 0 Å². The van der Waals surface area contributed by atoms with E-state index in [1.807, 2.05) is 18.2 Å². The van der Waals surface area contributed by atoms with E-state index in [0.717, 1.165) is 31.2 Å². The van der Waals surface area contributed by atoms with Gasteiger partial charge in [-0.15, -0.1) is 0 Å². The molecule has 2 aliphatic rings. The molecule has 3 rings (SSSR count). The van der Waals surface area contributed by atoms with Crippen molar-refractivity contribution in [1.29, 1.82) is 0 Å². The van der Waals surface area contributed by atoms with Gasteiger partial charge in [-0.05, 0) is 49.3 Å². The highest BCUT2D eigenvalue weighted by Gasteiger charge is 2.30. The van der Waals surface area contributed by atoms with Gasteiger partial charge in [-0.3, -0.25) is 0 Å². The molecule has 5 heteroatoms. The van der Waals surface area contributed by atoms with Gasteiger partial charge in [0.15, 0.2) is 0 Å². The van der Waals surface area contributed by atoms with E-state index in [-0.39, 0.29) is 5.54 Å². The van der Waals surface area contributed by atoms with Crippen LogP contribution in [0.1, 0.15) is 56.4 Å². The average Bonchev–Trinajstić information content (AvgIpc) is 3.31. The molecule has 3 N–H and O–H groups in total. The Morgan fingerprint density at radius 2 is 1.90 bits per heavy atom. The second-order valence-corrected chi connectivity index (χ2v) is 8.36. The van der Waals surface area contributed by atoms with Crippen molar-refractivity contribution < 1.29 is 8.42 Å². The lowest BCUT2D eigenvalue weighted by molar-refractivity contribution is 0.296. The van der Waals surface area contributed by atoms with E-state index < -0.39 is 10.0 Å². The fourth-order valence-electron chi connectivity index (χ4n) is 3.11. The van der Waals surface area contributed by atoms with Gasteiger partial charge < -0.3 is 5.73 Å². The molecule has 2 saturated carbocycles. The standard InChI is InChI=1S/C16H24N2O2S/c17-16(9-2-1-3-10-16)12-18-21(19,20)15-6-4-5-14(11-15)13-7-8-13/h4-6,11,13,18H,1-3,7-10,12,17H2. The normalized spacial score (nSPS) is 22.1. The smallest absolute Gasteiger partial charge is 0.240 e. The summed E-state index contributed by atoms with van der Waals surface area (Å²) in [4.78, 5) is 0.367. The molecule has 0 bridgehead atoms. The van der Waals surface area contributed by atoms with E-state index >= 15 is 0 Å². The minimum absolute atomic E-state index is 0.336. The van der Waals surface area contributed by atoms with Crippen molar-refractivity contribution in [2.75, 3.05) is 6.54 Å². The van der Waals surface area contributed by atoms with E-state index in [9.17, 15) is 8.42 Å². The van der Waals surface area contributed by atoms with Crippen molar-refractivity contribution in [3.05, 3.63) is 29.8 Å². The molecule has 1 aromatic rings. The van der Waals surface area contributed by atoms with Crippen LogP contribution in [0.25, 0.3) is 0 Å². The molecule has 0 spiro atoms. The molecule has 1 aromatic carbocycles. The largest absolute Gasteiger partial charge is 0.324 e. The summed E-state index contributed by atoms with van der Waals surface area (Å²) in [7, 11) is -3.46. The van der Waals surface area contributed by atoms with Gasteiger partial charge in [-0.2, -0.15) is 0 Å². The first-order chi connectivity index (χ1) is 9.99. The maximum absolute atomic E-state index is 12.4. The molecule has 0 aromatic heterocycles. The van der Waals surface area contributed by atoms with Crippen LogP contribution < -0.4 is 10.5 Å².